The van der Waals surface area contributed by atoms with Crippen LogP contribution in [0.15, 0.2) is 27.4 Å². The molecule has 0 unspecified atom stereocenters. The number of aryl methyl sites for hydroxylation is 1. The molecule has 0 radical (unpaired) electrons. The molecule has 2 aromatic rings. The van der Waals surface area contributed by atoms with Crippen LogP contribution in [0.2, 0.25) is 0 Å². The van der Waals surface area contributed by atoms with Crippen LogP contribution in [-0.2, 0) is 24.4 Å². The van der Waals surface area contributed by atoms with Crippen LogP contribution in [0, 0.1) is 12.8 Å². The highest BCUT2D eigenvalue weighted by molar-refractivity contribution is 5.91. The zero-order valence-electron chi connectivity index (χ0n) is 15.2. The van der Waals surface area contributed by atoms with Crippen molar-refractivity contribution >= 4 is 11.8 Å². The third-order valence-electron chi connectivity index (χ3n) is 5.16. The van der Waals surface area contributed by atoms with Crippen molar-refractivity contribution in [3.05, 3.63) is 51.3 Å². The van der Waals surface area contributed by atoms with Gasteiger partial charge in [0.15, 0.2) is 11.2 Å². The van der Waals surface area contributed by atoms with E-state index < -0.39 is 5.91 Å². The Morgan fingerprint density at radius 1 is 1.26 bits per heavy atom. The fraction of sp³-hybridized carbons (Fsp3) is 0.474. The Hall–Kier alpha value is -2.90. The third-order valence-corrected chi connectivity index (χ3v) is 5.16. The fourth-order valence-corrected chi connectivity index (χ4v) is 3.49. The molecule has 0 saturated heterocycles. The average Bonchev–Trinajstić information content (AvgIpc) is 2.99. The molecule has 0 spiro atoms. The number of aromatic nitrogens is 2. The molecule has 3 heterocycles. The number of amides is 2. The van der Waals surface area contributed by atoms with E-state index in [-0.39, 0.29) is 29.6 Å². The molecule has 2 amide bonds. The van der Waals surface area contributed by atoms with Crippen LogP contribution >= 0.6 is 0 Å². The van der Waals surface area contributed by atoms with E-state index in [0.717, 1.165) is 25.0 Å². The predicted molar refractivity (Wildman–Crippen MR) is 95.9 cm³/mol. The van der Waals surface area contributed by atoms with E-state index in [0.29, 0.717) is 31.1 Å². The van der Waals surface area contributed by atoms with Gasteiger partial charge in [0, 0.05) is 24.6 Å². The van der Waals surface area contributed by atoms with E-state index in [9.17, 15) is 14.4 Å². The molecule has 8 heteroatoms. The second-order valence-electron chi connectivity index (χ2n) is 7.19. The van der Waals surface area contributed by atoms with Crippen LogP contribution in [0.25, 0.3) is 0 Å². The van der Waals surface area contributed by atoms with Crippen molar-refractivity contribution in [2.75, 3.05) is 6.54 Å². The van der Waals surface area contributed by atoms with Gasteiger partial charge in [-0.1, -0.05) is 6.42 Å². The molecule has 1 N–H and O–H groups in total. The zero-order chi connectivity index (χ0) is 19.0. The number of carbonyl (C=O) groups is 2. The van der Waals surface area contributed by atoms with Gasteiger partial charge in [0.1, 0.15) is 5.76 Å². The molecule has 1 aliphatic heterocycles. The number of nitrogens with zero attached hydrogens (tertiary/aromatic N) is 3. The first-order valence-corrected chi connectivity index (χ1v) is 9.24. The van der Waals surface area contributed by atoms with Crippen molar-refractivity contribution in [1.29, 1.82) is 0 Å². The van der Waals surface area contributed by atoms with Gasteiger partial charge < -0.3 is 14.6 Å². The lowest BCUT2D eigenvalue weighted by Gasteiger charge is -2.34. The second-order valence-corrected chi connectivity index (χ2v) is 7.19. The van der Waals surface area contributed by atoms with Crippen molar-refractivity contribution in [3.8, 4) is 0 Å². The molecule has 1 saturated carbocycles. The Labute approximate surface area is 156 Å². The molecule has 8 nitrogen and oxygen atoms in total. The summed E-state index contributed by atoms with van der Waals surface area (Å²) in [6.45, 7) is 3.74. The average molecular weight is 370 g/mol. The summed E-state index contributed by atoms with van der Waals surface area (Å²) < 4.78 is 7.17. The Morgan fingerprint density at radius 3 is 2.78 bits per heavy atom. The van der Waals surface area contributed by atoms with Crippen molar-refractivity contribution in [1.82, 2.24) is 20.0 Å². The monoisotopic (exact) mass is 370 g/mol. The van der Waals surface area contributed by atoms with Crippen molar-refractivity contribution in [2.24, 2.45) is 5.92 Å². The molecule has 4 rings (SSSR count). The molecule has 0 atom stereocenters. The maximum absolute atomic E-state index is 12.4. The van der Waals surface area contributed by atoms with E-state index in [1.807, 2.05) is 15.6 Å². The molecule has 27 heavy (non-hydrogen) atoms. The summed E-state index contributed by atoms with van der Waals surface area (Å²) in [5.74, 6) is 0.367. The van der Waals surface area contributed by atoms with E-state index in [1.54, 1.807) is 6.92 Å². The molecule has 0 aromatic carbocycles. The number of hydrogen-bond donors (Lipinski definition) is 1. The minimum absolute atomic E-state index is 0.0127. The molecule has 1 aliphatic carbocycles. The molecule has 2 aliphatic rings. The number of fused-ring (bicyclic) bond motifs is 1. The van der Waals surface area contributed by atoms with Gasteiger partial charge >= 0.3 is 0 Å². The summed E-state index contributed by atoms with van der Waals surface area (Å²) in [6, 6.07) is 4.41. The maximum Gasteiger partial charge on any atom is 0.287 e. The first-order valence-electron chi connectivity index (χ1n) is 9.24. The summed E-state index contributed by atoms with van der Waals surface area (Å²) >= 11 is 0. The lowest BCUT2D eigenvalue weighted by atomic mass is 9.84. The summed E-state index contributed by atoms with van der Waals surface area (Å²) in [7, 11) is 0. The highest BCUT2D eigenvalue weighted by Gasteiger charge is 2.31. The minimum atomic E-state index is -0.455. The Kier molecular flexibility index (Phi) is 4.55. The van der Waals surface area contributed by atoms with Gasteiger partial charge in [-0.3, -0.25) is 19.1 Å². The van der Waals surface area contributed by atoms with Crippen LogP contribution in [-0.4, -0.2) is 33.0 Å². The number of carbonyl (C=O) groups excluding carboxylic acids is 2. The van der Waals surface area contributed by atoms with Crippen molar-refractivity contribution in [3.63, 3.8) is 0 Å². The lowest BCUT2D eigenvalue weighted by Crippen LogP contribution is -2.43. The van der Waals surface area contributed by atoms with Gasteiger partial charge in [0.2, 0.25) is 5.91 Å². The Bertz CT molecular complexity index is 941. The number of hydrogen-bond acceptors (Lipinski definition) is 5. The van der Waals surface area contributed by atoms with Gasteiger partial charge in [-0.15, -0.1) is 0 Å². The standard InChI is InChI=1S/C19H22N4O4/c1-12-7-16(24)9-17(27-12)18(25)20-10-14-8-15-11-22(5-6-23(15)21-14)19(26)13-3-2-4-13/h7-9,13H,2-6,10-11H2,1H3,(H,20,25). The summed E-state index contributed by atoms with van der Waals surface area (Å²) in [5, 5.41) is 7.22. The van der Waals surface area contributed by atoms with Gasteiger partial charge in [-0.2, -0.15) is 5.10 Å². The molecular weight excluding hydrogens is 348 g/mol. The SMILES string of the molecule is Cc1cc(=O)cc(C(=O)NCc2cc3n(n2)CCN(C(=O)C2CCC2)C3)o1. The first kappa shape index (κ1) is 17.5. The Balaban J connectivity index is 1.39. The largest absolute Gasteiger partial charge is 0.456 e. The van der Waals surface area contributed by atoms with Gasteiger partial charge in [-0.05, 0) is 25.8 Å². The highest BCUT2D eigenvalue weighted by Crippen LogP contribution is 2.29. The van der Waals surface area contributed by atoms with Crippen LogP contribution in [0.3, 0.4) is 0 Å². The van der Waals surface area contributed by atoms with Crippen LogP contribution in [0.4, 0.5) is 0 Å². The molecule has 1 fully saturated rings. The minimum Gasteiger partial charge on any atom is -0.456 e. The summed E-state index contributed by atoms with van der Waals surface area (Å²) in [6.07, 6.45) is 3.15. The molecule has 142 valence electrons. The van der Waals surface area contributed by atoms with Gasteiger partial charge in [0.25, 0.3) is 5.91 Å². The topological polar surface area (TPSA) is 97.4 Å². The first-order chi connectivity index (χ1) is 13.0. The summed E-state index contributed by atoms with van der Waals surface area (Å²) in [4.78, 5) is 38.0. The van der Waals surface area contributed by atoms with Gasteiger partial charge in [-0.25, -0.2) is 0 Å². The van der Waals surface area contributed by atoms with Crippen molar-refractivity contribution in [2.45, 2.75) is 45.8 Å². The fourth-order valence-electron chi connectivity index (χ4n) is 3.49. The molecule has 0 bridgehead atoms. The van der Waals surface area contributed by atoms with E-state index in [1.165, 1.54) is 12.1 Å². The third kappa shape index (κ3) is 3.65. The maximum atomic E-state index is 12.4. The smallest absolute Gasteiger partial charge is 0.287 e. The van der Waals surface area contributed by atoms with E-state index in [2.05, 4.69) is 10.4 Å². The molecular formula is C19H22N4O4. The summed E-state index contributed by atoms with van der Waals surface area (Å²) in [5.41, 5.74) is 1.42. The van der Waals surface area contributed by atoms with Crippen LogP contribution in [0.1, 0.15) is 47.0 Å². The van der Waals surface area contributed by atoms with E-state index >= 15 is 0 Å². The molecule has 2 aromatic heterocycles. The van der Waals surface area contributed by atoms with E-state index in [4.69, 9.17) is 4.42 Å². The second kappa shape index (κ2) is 7.02. The van der Waals surface area contributed by atoms with Crippen LogP contribution < -0.4 is 10.7 Å². The predicted octanol–water partition coefficient (Wildman–Crippen LogP) is 1.22. The van der Waals surface area contributed by atoms with Crippen molar-refractivity contribution < 1.29 is 14.0 Å². The number of nitrogens with one attached hydrogen (secondary N) is 1. The lowest BCUT2D eigenvalue weighted by molar-refractivity contribution is -0.139. The number of rotatable bonds is 4. The quantitative estimate of drug-likeness (QED) is 0.873. The van der Waals surface area contributed by atoms with Gasteiger partial charge in [0.05, 0.1) is 31.0 Å². The van der Waals surface area contributed by atoms with Crippen LogP contribution in [0.5, 0.6) is 0 Å². The highest BCUT2D eigenvalue weighted by atomic mass is 16.3. The normalized spacial score (nSPS) is 16.6. The zero-order valence-corrected chi connectivity index (χ0v) is 15.2. The Morgan fingerprint density at radius 2 is 2.07 bits per heavy atom.